The Bertz CT molecular complexity index is 752. The van der Waals surface area contributed by atoms with E-state index in [1.807, 2.05) is 0 Å². The molecule has 0 spiro atoms. The first-order valence-corrected chi connectivity index (χ1v) is 12.3. The lowest BCUT2D eigenvalue weighted by Crippen LogP contribution is -2.33. The van der Waals surface area contributed by atoms with E-state index in [-0.39, 0.29) is 5.41 Å². The van der Waals surface area contributed by atoms with E-state index in [2.05, 4.69) is 82.3 Å². The molecule has 0 amide bonds. The highest BCUT2D eigenvalue weighted by molar-refractivity contribution is 7.24. The molecule has 2 heteroatoms. The van der Waals surface area contributed by atoms with Crippen LogP contribution in [0.25, 0.3) is 6.08 Å². The van der Waals surface area contributed by atoms with Crippen LogP contribution < -0.4 is 0 Å². The number of benzene rings is 2. The van der Waals surface area contributed by atoms with Crippen LogP contribution in [0, 0.1) is 0 Å². The Morgan fingerprint density at radius 3 is 2.25 bits per heavy atom. The molecule has 1 unspecified atom stereocenters. The monoisotopic (exact) mass is 354 g/mol. The van der Waals surface area contributed by atoms with Crippen LogP contribution in [0.5, 0.6) is 0 Å². The number of allylic oxidation sites excluding steroid dienone is 1. The number of rotatable bonds is 4. The predicted molar refractivity (Wildman–Crippen MR) is 109 cm³/mol. The van der Waals surface area contributed by atoms with Gasteiger partial charge in [0.05, 0.1) is 0 Å². The summed E-state index contributed by atoms with van der Waals surface area (Å²) in [5.41, 5.74) is 5.76. The van der Waals surface area contributed by atoms with Gasteiger partial charge in [-0.1, -0.05) is 87.5 Å². The zero-order valence-electron chi connectivity index (χ0n) is 15.2. The van der Waals surface area contributed by atoms with Crippen molar-refractivity contribution in [2.75, 3.05) is 0 Å². The number of halogens is 1. The average Bonchev–Trinajstić information content (AvgIpc) is 2.99. The maximum absolute atomic E-state index is 7.25. The van der Waals surface area contributed by atoms with Crippen LogP contribution in [-0.4, -0.2) is 7.38 Å². The normalized spacial score (nSPS) is 16.5. The Labute approximate surface area is 152 Å². The topological polar surface area (TPSA) is 0 Å². The Hall–Kier alpha value is -1.31. The lowest BCUT2D eigenvalue weighted by atomic mass is 9.87. The summed E-state index contributed by atoms with van der Waals surface area (Å²) in [7, 11) is -1.96. The van der Waals surface area contributed by atoms with Crippen LogP contribution in [0.1, 0.15) is 49.9 Å². The van der Waals surface area contributed by atoms with Gasteiger partial charge in [0.1, 0.15) is 0 Å². The van der Waals surface area contributed by atoms with Crippen molar-refractivity contribution < 1.29 is 0 Å². The van der Waals surface area contributed by atoms with Crippen molar-refractivity contribution in [2.45, 2.75) is 51.6 Å². The zero-order chi connectivity index (χ0) is 17.4. The quantitative estimate of drug-likeness (QED) is 0.437. The molecule has 0 bridgehead atoms. The molecule has 2 aromatic rings. The van der Waals surface area contributed by atoms with E-state index >= 15 is 0 Å². The summed E-state index contributed by atoms with van der Waals surface area (Å²) in [5.74, 6) is 0. The fraction of sp³-hybridized carbons (Fsp3) is 0.364. The van der Waals surface area contributed by atoms with Crippen LogP contribution in [0.3, 0.4) is 0 Å². The summed E-state index contributed by atoms with van der Waals surface area (Å²) in [4.78, 5) is 0. The molecule has 0 aliphatic heterocycles. The maximum Gasteiger partial charge on any atom is 0.187 e. The van der Waals surface area contributed by atoms with Crippen LogP contribution >= 0.6 is 11.1 Å². The third kappa shape index (κ3) is 3.53. The van der Waals surface area contributed by atoms with Gasteiger partial charge in [-0.25, -0.2) is 0 Å². The van der Waals surface area contributed by atoms with E-state index in [1.165, 1.54) is 27.5 Å². The number of hydrogen-bond acceptors (Lipinski definition) is 0. The number of hydrogen-bond donors (Lipinski definition) is 0. The van der Waals surface area contributed by atoms with Gasteiger partial charge in [0.25, 0.3) is 0 Å². The van der Waals surface area contributed by atoms with Crippen molar-refractivity contribution in [3.8, 4) is 0 Å². The van der Waals surface area contributed by atoms with Crippen LogP contribution in [0.2, 0.25) is 6.04 Å². The standard InChI is InChI=1S/C22H27ClSi/c1-5-24(23,21-14-18-8-6-7-9-19(18)15-21)16-17-10-12-20(13-11-17)22(2,3)4/h6-14H,5,15-16H2,1-4H3. The molecule has 0 saturated carbocycles. The molecule has 0 heterocycles. The van der Waals surface area contributed by atoms with E-state index in [1.54, 1.807) is 0 Å². The van der Waals surface area contributed by atoms with Crippen molar-refractivity contribution in [3.05, 3.63) is 76.0 Å². The third-order valence-corrected chi connectivity index (χ3v) is 10.7. The first-order chi connectivity index (χ1) is 11.3. The molecule has 0 aromatic heterocycles. The average molecular weight is 355 g/mol. The van der Waals surface area contributed by atoms with Gasteiger partial charge in [0, 0.05) is 0 Å². The smallest absolute Gasteiger partial charge is 0.161 e. The van der Waals surface area contributed by atoms with E-state index in [4.69, 9.17) is 11.1 Å². The second kappa shape index (κ2) is 6.53. The highest BCUT2D eigenvalue weighted by atomic mass is 35.6. The highest BCUT2D eigenvalue weighted by Crippen LogP contribution is 2.37. The van der Waals surface area contributed by atoms with Crippen molar-refractivity contribution in [1.82, 2.24) is 0 Å². The summed E-state index contributed by atoms with van der Waals surface area (Å²) >= 11 is 7.25. The van der Waals surface area contributed by atoms with Gasteiger partial charge in [0.15, 0.2) is 7.38 Å². The number of fused-ring (bicyclic) bond motifs is 1. The first-order valence-electron chi connectivity index (χ1n) is 8.89. The van der Waals surface area contributed by atoms with Crippen LogP contribution in [-0.2, 0) is 17.9 Å². The minimum absolute atomic E-state index is 0.203. The summed E-state index contributed by atoms with van der Waals surface area (Å²) in [6, 6.07) is 19.9. The van der Waals surface area contributed by atoms with Gasteiger partial charge in [-0.15, -0.1) is 0 Å². The molecule has 1 aliphatic rings. The SMILES string of the molecule is CC[Si](Cl)(Cc1ccc(C(C)(C)C)cc1)C1=Cc2ccccc2C1. The largest absolute Gasteiger partial charge is 0.187 e. The first kappa shape index (κ1) is 17.5. The van der Waals surface area contributed by atoms with Crippen LogP contribution in [0.4, 0.5) is 0 Å². The van der Waals surface area contributed by atoms with Crippen molar-refractivity contribution >= 4 is 24.5 Å². The molecular weight excluding hydrogens is 328 g/mol. The molecule has 0 nitrogen and oxygen atoms in total. The summed E-state index contributed by atoms with van der Waals surface area (Å²) in [6.45, 7) is 9.03. The van der Waals surface area contributed by atoms with Gasteiger partial charge < -0.3 is 0 Å². The van der Waals surface area contributed by atoms with Crippen LogP contribution in [0.15, 0.2) is 53.7 Å². The molecule has 0 radical (unpaired) electrons. The van der Waals surface area contributed by atoms with Gasteiger partial charge >= 0.3 is 0 Å². The predicted octanol–water partition coefficient (Wildman–Crippen LogP) is 6.45. The van der Waals surface area contributed by atoms with E-state index in [9.17, 15) is 0 Å². The van der Waals surface area contributed by atoms with Gasteiger partial charge in [-0.2, -0.15) is 11.1 Å². The minimum atomic E-state index is -1.96. The minimum Gasteiger partial charge on any atom is -0.161 e. The van der Waals surface area contributed by atoms with E-state index in [0.29, 0.717) is 0 Å². The van der Waals surface area contributed by atoms with Gasteiger partial charge in [-0.3, -0.25) is 0 Å². The maximum atomic E-state index is 7.25. The Morgan fingerprint density at radius 2 is 1.67 bits per heavy atom. The second-order valence-electron chi connectivity index (χ2n) is 7.99. The molecular formula is C22H27ClSi. The zero-order valence-corrected chi connectivity index (χ0v) is 17.0. The fourth-order valence-corrected chi connectivity index (χ4v) is 7.04. The highest BCUT2D eigenvalue weighted by Gasteiger charge is 2.36. The Balaban J connectivity index is 1.82. The molecule has 24 heavy (non-hydrogen) atoms. The lowest BCUT2D eigenvalue weighted by molar-refractivity contribution is 0.590. The molecule has 0 N–H and O–H groups in total. The van der Waals surface area contributed by atoms with E-state index < -0.39 is 7.38 Å². The van der Waals surface area contributed by atoms with Crippen molar-refractivity contribution in [3.63, 3.8) is 0 Å². The van der Waals surface area contributed by atoms with Crippen molar-refractivity contribution in [1.29, 1.82) is 0 Å². The molecule has 1 aliphatic carbocycles. The molecule has 2 aromatic carbocycles. The van der Waals surface area contributed by atoms with Gasteiger partial charge in [0.2, 0.25) is 0 Å². The second-order valence-corrected chi connectivity index (χ2v) is 13.8. The summed E-state index contributed by atoms with van der Waals surface area (Å²) < 4.78 is 0. The molecule has 3 rings (SSSR count). The summed E-state index contributed by atoms with van der Waals surface area (Å²) in [6.07, 6.45) is 3.40. The fourth-order valence-electron chi connectivity index (χ4n) is 3.48. The third-order valence-electron chi connectivity index (χ3n) is 5.21. The Kier molecular flexibility index (Phi) is 4.77. The van der Waals surface area contributed by atoms with Gasteiger partial charge in [-0.05, 0) is 46.2 Å². The summed E-state index contributed by atoms with van der Waals surface area (Å²) in [5, 5.41) is 1.49. The van der Waals surface area contributed by atoms with E-state index in [0.717, 1.165) is 18.5 Å². The molecule has 126 valence electrons. The molecule has 0 fully saturated rings. The lowest BCUT2D eigenvalue weighted by Gasteiger charge is -2.26. The molecule has 1 atom stereocenters. The Morgan fingerprint density at radius 1 is 1.00 bits per heavy atom. The van der Waals surface area contributed by atoms with Crippen molar-refractivity contribution in [2.24, 2.45) is 0 Å². The molecule has 0 saturated heterocycles.